The zero-order valence-electron chi connectivity index (χ0n) is 22.7. The lowest BCUT2D eigenvalue weighted by Gasteiger charge is -2.70. The monoisotopic (exact) mass is 486 g/mol. The number of aliphatic hydroxyl groups excluding tert-OH is 3. The van der Waals surface area contributed by atoms with Gasteiger partial charge in [0, 0.05) is 10.8 Å². The van der Waals surface area contributed by atoms with Crippen molar-refractivity contribution in [3.05, 3.63) is 23.3 Å². The van der Waals surface area contributed by atoms with Crippen LogP contribution in [0.25, 0.3) is 0 Å². The molecule has 5 heteroatoms. The average molecular weight is 487 g/mol. The summed E-state index contributed by atoms with van der Waals surface area (Å²) in [5, 5.41) is 45.0. The molecule has 0 unspecified atom stereocenters. The van der Waals surface area contributed by atoms with E-state index in [1.165, 1.54) is 0 Å². The molecular formula is C30H46O5. The summed E-state index contributed by atoms with van der Waals surface area (Å²) in [5.74, 6) is -0.662. The van der Waals surface area contributed by atoms with Gasteiger partial charge in [0.25, 0.3) is 0 Å². The Bertz CT molecular complexity index is 1010. The van der Waals surface area contributed by atoms with Gasteiger partial charge in [-0.25, -0.2) is 0 Å². The highest BCUT2D eigenvalue weighted by molar-refractivity contribution is 5.81. The second-order valence-corrected chi connectivity index (χ2v) is 14.9. The molecule has 0 aliphatic heterocycles. The maximum atomic E-state index is 12.8. The molecule has 9 atom stereocenters. The highest BCUT2D eigenvalue weighted by atomic mass is 16.4. The first kappa shape index (κ1) is 25.5. The van der Waals surface area contributed by atoms with Gasteiger partial charge in [0.1, 0.15) is 5.41 Å². The number of aliphatic hydroxyl groups is 3. The molecule has 5 aliphatic rings. The normalized spacial score (nSPS) is 52.1. The van der Waals surface area contributed by atoms with Crippen molar-refractivity contribution >= 4 is 5.97 Å². The lowest BCUT2D eigenvalue weighted by molar-refractivity contribution is -0.230. The van der Waals surface area contributed by atoms with Crippen LogP contribution >= 0.6 is 0 Å². The Kier molecular flexibility index (Phi) is 5.26. The van der Waals surface area contributed by atoms with Crippen LogP contribution < -0.4 is 0 Å². The van der Waals surface area contributed by atoms with Gasteiger partial charge in [-0.15, -0.1) is 0 Å². The van der Waals surface area contributed by atoms with E-state index in [-0.39, 0.29) is 34.2 Å². The Morgan fingerprint density at radius 3 is 2.20 bits per heavy atom. The molecular weight excluding hydrogens is 440 g/mol. The third-order valence-corrected chi connectivity index (χ3v) is 12.5. The van der Waals surface area contributed by atoms with Gasteiger partial charge in [0.2, 0.25) is 0 Å². The SMILES string of the molecule is CC1(C)CC[C@@]2(C(=O)O)C(=C3C=C[C@@H]4[C@@]5(C)CC[C@H](O)C(C)(C)[C@@H]5C[C@H](O)[C@@]4(C)[C@]3(C)C[C@H]2O)C1. The van der Waals surface area contributed by atoms with Crippen molar-refractivity contribution in [2.45, 2.75) is 112 Å². The minimum atomic E-state index is -1.24. The number of allylic oxidation sites excluding steroid dienone is 3. The maximum Gasteiger partial charge on any atom is 0.316 e. The second kappa shape index (κ2) is 7.23. The van der Waals surface area contributed by atoms with Crippen molar-refractivity contribution in [2.24, 2.45) is 44.3 Å². The van der Waals surface area contributed by atoms with E-state index in [1.54, 1.807) is 0 Å². The molecule has 5 nitrogen and oxygen atoms in total. The molecule has 0 aromatic heterocycles. The molecule has 0 amide bonds. The highest BCUT2D eigenvalue weighted by Crippen LogP contribution is 2.74. The van der Waals surface area contributed by atoms with Crippen molar-refractivity contribution < 1.29 is 25.2 Å². The summed E-state index contributed by atoms with van der Waals surface area (Å²) in [5.41, 5.74) is -0.796. The molecule has 0 spiro atoms. The van der Waals surface area contributed by atoms with E-state index in [0.29, 0.717) is 25.7 Å². The number of fused-ring (bicyclic) bond motifs is 6. The van der Waals surface area contributed by atoms with Crippen molar-refractivity contribution in [3.8, 4) is 0 Å². The summed E-state index contributed by atoms with van der Waals surface area (Å²) in [6.07, 6.45) is 6.98. The zero-order valence-corrected chi connectivity index (χ0v) is 22.7. The summed E-state index contributed by atoms with van der Waals surface area (Å²) >= 11 is 0. The van der Waals surface area contributed by atoms with Gasteiger partial charge in [-0.1, -0.05) is 60.6 Å². The van der Waals surface area contributed by atoms with E-state index < -0.39 is 34.4 Å². The van der Waals surface area contributed by atoms with Gasteiger partial charge in [-0.05, 0) is 84.2 Å². The van der Waals surface area contributed by atoms with Crippen LogP contribution in [0.2, 0.25) is 0 Å². The number of carboxylic acid groups (broad SMARTS) is 1. The van der Waals surface area contributed by atoms with Gasteiger partial charge in [-0.2, -0.15) is 0 Å². The maximum absolute atomic E-state index is 12.8. The van der Waals surface area contributed by atoms with E-state index in [2.05, 4.69) is 60.6 Å². The number of carboxylic acids is 1. The Morgan fingerprint density at radius 2 is 1.57 bits per heavy atom. The molecule has 0 aromatic carbocycles. The first-order valence-corrected chi connectivity index (χ1v) is 13.7. The van der Waals surface area contributed by atoms with Crippen LogP contribution in [-0.4, -0.2) is 44.7 Å². The summed E-state index contributed by atoms with van der Waals surface area (Å²) in [4.78, 5) is 12.8. The molecule has 0 saturated heterocycles. The molecule has 196 valence electrons. The predicted octanol–water partition coefficient (Wildman–Crippen LogP) is 5.10. The number of hydrogen-bond acceptors (Lipinski definition) is 4. The predicted molar refractivity (Wildman–Crippen MR) is 135 cm³/mol. The Morgan fingerprint density at radius 1 is 0.914 bits per heavy atom. The third kappa shape index (κ3) is 2.89. The number of rotatable bonds is 1. The molecule has 4 N–H and O–H groups in total. The summed E-state index contributed by atoms with van der Waals surface area (Å²) in [7, 11) is 0. The van der Waals surface area contributed by atoms with Gasteiger partial charge in [-0.3, -0.25) is 4.79 Å². The fraction of sp³-hybridized carbons (Fsp3) is 0.833. The molecule has 5 rings (SSSR count). The molecule has 0 radical (unpaired) electrons. The summed E-state index contributed by atoms with van der Waals surface area (Å²) in [6.45, 7) is 15.4. The van der Waals surface area contributed by atoms with Crippen LogP contribution in [0.4, 0.5) is 0 Å². The molecule has 0 heterocycles. The second-order valence-electron chi connectivity index (χ2n) is 14.9. The molecule has 3 saturated carbocycles. The topological polar surface area (TPSA) is 98.0 Å². The van der Waals surface area contributed by atoms with Crippen LogP contribution in [0.1, 0.15) is 93.4 Å². The van der Waals surface area contributed by atoms with Crippen LogP contribution in [-0.2, 0) is 4.79 Å². The third-order valence-electron chi connectivity index (χ3n) is 12.5. The molecule has 35 heavy (non-hydrogen) atoms. The Labute approximate surface area is 210 Å². The van der Waals surface area contributed by atoms with E-state index in [4.69, 9.17) is 0 Å². The van der Waals surface area contributed by atoms with E-state index >= 15 is 0 Å². The first-order chi connectivity index (χ1) is 16.0. The number of aliphatic carboxylic acids is 1. The largest absolute Gasteiger partial charge is 0.481 e. The molecule has 5 aliphatic carbocycles. The van der Waals surface area contributed by atoms with Gasteiger partial charge in [0.15, 0.2) is 0 Å². The fourth-order valence-corrected chi connectivity index (χ4v) is 10.00. The summed E-state index contributed by atoms with van der Waals surface area (Å²) < 4.78 is 0. The van der Waals surface area contributed by atoms with Crippen LogP contribution in [0, 0.1) is 44.3 Å². The van der Waals surface area contributed by atoms with Crippen molar-refractivity contribution in [3.63, 3.8) is 0 Å². The highest BCUT2D eigenvalue weighted by Gasteiger charge is 2.71. The molecule has 3 fully saturated rings. The van der Waals surface area contributed by atoms with E-state index in [1.807, 2.05) is 0 Å². The smallest absolute Gasteiger partial charge is 0.316 e. The van der Waals surface area contributed by atoms with Crippen molar-refractivity contribution in [1.82, 2.24) is 0 Å². The van der Waals surface area contributed by atoms with Gasteiger partial charge < -0.3 is 20.4 Å². The first-order valence-electron chi connectivity index (χ1n) is 13.7. The lowest BCUT2D eigenvalue weighted by Crippen LogP contribution is -2.69. The average Bonchev–Trinajstić information content (AvgIpc) is 2.74. The Balaban J connectivity index is 1.74. The van der Waals surface area contributed by atoms with Crippen LogP contribution in [0.5, 0.6) is 0 Å². The van der Waals surface area contributed by atoms with Gasteiger partial charge in [0.05, 0.1) is 18.3 Å². The lowest BCUT2D eigenvalue weighted by atomic mass is 9.34. The number of carbonyl (C=O) groups is 1. The van der Waals surface area contributed by atoms with Crippen LogP contribution in [0.15, 0.2) is 23.3 Å². The van der Waals surface area contributed by atoms with E-state index in [0.717, 1.165) is 30.4 Å². The van der Waals surface area contributed by atoms with E-state index in [9.17, 15) is 25.2 Å². The standard InChI is InChI=1S/C30H46O5/c1-25(2)12-13-30(24(34)35)18(15-25)17-8-9-19-27(5)11-10-21(31)26(3,4)20(27)14-22(32)29(19,7)28(17,6)16-23(30)33/h8-9,19-23,31-33H,10-16H2,1-7H3,(H,34,35)/t19-,20+,21+,22+,23-,27-,28-,29+,30-/m1/s1. The zero-order chi connectivity index (χ0) is 26.0. The fourth-order valence-electron chi connectivity index (χ4n) is 10.00. The quantitative estimate of drug-likeness (QED) is 0.414. The van der Waals surface area contributed by atoms with Crippen molar-refractivity contribution in [1.29, 1.82) is 0 Å². The minimum absolute atomic E-state index is 0.0311. The molecule has 0 aromatic rings. The van der Waals surface area contributed by atoms with Crippen molar-refractivity contribution in [2.75, 3.05) is 0 Å². The number of hydrogen-bond donors (Lipinski definition) is 4. The summed E-state index contributed by atoms with van der Waals surface area (Å²) in [6, 6.07) is 0. The Hall–Kier alpha value is -1.17. The minimum Gasteiger partial charge on any atom is -0.481 e. The van der Waals surface area contributed by atoms with Gasteiger partial charge >= 0.3 is 5.97 Å². The van der Waals surface area contributed by atoms with Crippen LogP contribution in [0.3, 0.4) is 0 Å². The molecule has 0 bridgehead atoms.